The van der Waals surface area contributed by atoms with Gasteiger partial charge in [-0.05, 0) is 54.9 Å². The van der Waals surface area contributed by atoms with Crippen molar-refractivity contribution < 1.29 is 24.1 Å². The maximum atomic E-state index is 14.7. The first-order valence-corrected chi connectivity index (χ1v) is 12.8. The van der Waals surface area contributed by atoms with Gasteiger partial charge in [0, 0.05) is 29.2 Å². The Hall–Kier alpha value is -3.10. The third-order valence-electron chi connectivity index (χ3n) is 7.24. The maximum Gasteiger partial charge on any atom is 0.340 e. The lowest BCUT2D eigenvalue weighted by Crippen LogP contribution is -2.32. The molecule has 2 unspecified atom stereocenters. The molecule has 3 aliphatic rings. The van der Waals surface area contributed by atoms with Crippen LogP contribution in [0, 0.1) is 12.7 Å². The number of esters is 1. The first-order chi connectivity index (χ1) is 17.4. The molecule has 3 aromatic rings. The largest absolute Gasteiger partial charge is 0.458 e. The third-order valence-corrected chi connectivity index (χ3v) is 7.24. The van der Waals surface area contributed by atoms with E-state index in [0.29, 0.717) is 41.9 Å². The summed E-state index contributed by atoms with van der Waals surface area (Å²) in [7, 11) is 0. The molecule has 192 valence electrons. The Bertz CT molecular complexity index is 1410. The number of nitrogens with zero attached hydrogens (tertiary/aromatic N) is 2. The minimum Gasteiger partial charge on any atom is -0.458 e. The second-order valence-electron chi connectivity index (χ2n) is 8.82. The lowest BCUT2D eigenvalue weighted by molar-refractivity contribution is -0.157. The topological polar surface area (TPSA) is 102 Å². The smallest absolute Gasteiger partial charge is 0.340 e. The third kappa shape index (κ3) is 3.74. The number of aromatic nitrogens is 2. The quantitative estimate of drug-likeness (QED) is 0.398. The van der Waals surface area contributed by atoms with Crippen LogP contribution < -0.4 is 5.56 Å². The molecule has 2 N–H and O–H groups in total. The van der Waals surface area contributed by atoms with Gasteiger partial charge in [0.05, 0.1) is 29.0 Å². The Kier molecular flexibility index (Phi) is 7.29. The summed E-state index contributed by atoms with van der Waals surface area (Å²) >= 11 is 0. The van der Waals surface area contributed by atoms with Crippen molar-refractivity contribution in [2.75, 3.05) is 6.61 Å². The molecule has 2 aromatic heterocycles. The molecule has 7 nitrogen and oxygen atoms in total. The highest BCUT2D eigenvalue weighted by molar-refractivity contribution is 5.93. The number of benzene rings is 1. The number of halogens is 1. The van der Waals surface area contributed by atoms with Crippen LogP contribution in [0.25, 0.3) is 22.3 Å². The van der Waals surface area contributed by atoms with Crippen LogP contribution in [-0.4, -0.2) is 32.3 Å². The minimum atomic E-state index is -1.52. The SMILES string of the molecule is CC.CC.Cc1c(F)cc2nc3c(c4c2c1CCC4CCO)Cn1c-3cc2c(c1=O)COC(=O)C2O. The number of carbonyl (C=O) groups is 1. The highest BCUT2D eigenvalue weighted by atomic mass is 19.1. The van der Waals surface area contributed by atoms with Crippen LogP contribution in [0.2, 0.25) is 0 Å². The molecule has 8 heteroatoms. The van der Waals surface area contributed by atoms with Crippen molar-refractivity contribution in [1.29, 1.82) is 0 Å². The maximum absolute atomic E-state index is 14.7. The van der Waals surface area contributed by atoms with E-state index in [0.717, 1.165) is 28.5 Å². The van der Waals surface area contributed by atoms with E-state index in [4.69, 9.17) is 9.72 Å². The number of ether oxygens (including phenoxy) is 1. The van der Waals surface area contributed by atoms with Crippen LogP contribution in [0.3, 0.4) is 0 Å². The van der Waals surface area contributed by atoms with Crippen molar-refractivity contribution in [3.05, 3.63) is 61.7 Å². The molecule has 0 saturated heterocycles. The van der Waals surface area contributed by atoms with Crippen LogP contribution in [0.15, 0.2) is 16.9 Å². The Morgan fingerprint density at radius 1 is 1.14 bits per heavy atom. The Labute approximate surface area is 209 Å². The zero-order valence-corrected chi connectivity index (χ0v) is 21.4. The highest BCUT2D eigenvalue weighted by Crippen LogP contribution is 2.46. The fourth-order valence-electron chi connectivity index (χ4n) is 5.64. The Morgan fingerprint density at radius 3 is 2.56 bits per heavy atom. The van der Waals surface area contributed by atoms with E-state index in [1.807, 2.05) is 27.7 Å². The van der Waals surface area contributed by atoms with Crippen molar-refractivity contribution in [2.24, 2.45) is 0 Å². The molecule has 36 heavy (non-hydrogen) atoms. The average molecular weight is 497 g/mol. The van der Waals surface area contributed by atoms with Crippen LogP contribution in [0.1, 0.15) is 85.9 Å². The van der Waals surface area contributed by atoms with Crippen molar-refractivity contribution >= 4 is 16.9 Å². The Morgan fingerprint density at radius 2 is 1.86 bits per heavy atom. The van der Waals surface area contributed by atoms with E-state index in [1.165, 1.54) is 6.07 Å². The molecule has 1 aliphatic carbocycles. The summed E-state index contributed by atoms with van der Waals surface area (Å²) in [5, 5.41) is 20.9. The summed E-state index contributed by atoms with van der Waals surface area (Å²) in [5.41, 5.74) is 5.25. The fraction of sp³-hybridized carbons (Fsp3) is 0.464. The van der Waals surface area contributed by atoms with E-state index >= 15 is 0 Å². The number of cyclic esters (lactones) is 1. The van der Waals surface area contributed by atoms with E-state index in [9.17, 15) is 24.2 Å². The van der Waals surface area contributed by atoms with Gasteiger partial charge >= 0.3 is 5.97 Å². The Balaban J connectivity index is 0.000000726. The molecule has 0 spiro atoms. The average Bonchev–Trinajstić information content (AvgIpc) is 3.27. The van der Waals surface area contributed by atoms with Crippen LogP contribution in [0.4, 0.5) is 4.39 Å². The van der Waals surface area contributed by atoms with Gasteiger partial charge in [-0.15, -0.1) is 0 Å². The summed E-state index contributed by atoms with van der Waals surface area (Å²) in [6.07, 6.45) is 0.552. The van der Waals surface area contributed by atoms with Gasteiger partial charge in [0.25, 0.3) is 5.56 Å². The predicted octanol–water partition coefficient (Wildman–Crippen LogP) is 4.43. The second-order valence-corrected chi connectivity index (χ2v) is 8.82. The predicted molar refractivity (Wildman–Crippen MR) is 135 cm³/mol. The van der Waals surface area contributed by atoms with E-state index in [-0.39, 0.29) is 41.6 Å². The molecule has 6 rings (SSSR count). The monoisotopic (exact) mass is 496 g/mol. The van der Waals surface area contributed by atoms with Gasteiger partial charge in [-0.25, -0.2) is 14.2 Å². The molecular formula is C28H33FN2O5. The molecule has 1 aromatic carbocycles. The number of pyridine rings is 2. The van der Waals surface area contributed by atoms with Gasteiger partial charge < -0.3 is 19.5 Å². The summed E-state index contributed by atoms with van der Waals surface area (Å²) in [6.45, 7) is 9.94. The van der Waals surface area contributed by atoms with Gasteiger partial charge in [-0.3, -0.25) is 4.79 Å². The number of hydrogen-bond donors (Lipinski definition) is 2. The molecule has 2 aliphatic heterocycles. The van der Waals surface area contributed by atoms with Crippen molar-refractivity contribution in [3.63, 3.8) is 0 Å². The second kappa shape index (κ2) is 10.1. The molecule has 0 bridgehead atoms. The van der Waals surface area contributed by atoms with Crippen molar-refractivity contribution in [2.45, 2.75) is 79.1 Å². The van der Waals surface area contributed by atoms with Crippen LogP contribution >= 0.6 is 0 Å². The number of aliphatic hydroxyl groups excluding tert-OH is 2. The molecule has 0 amide bonds. The molecular weight excluding hydrogens is 463 g/mol. The van der Waals surface area contributed by atoms with Crippen molar-refractivity contribution in [3.8, 4) is 11.4 Å². The summed E-state index contributed by atoms with van der Waals surface area (Å²) in [4.78, 5) is 29.9. The first-order valence-electron chi connectivity index (χ1n) is 12.8. The number of hydrogen-bond acceptors (Lipinski definition) is 6. The normalized spacial score (nSPS) is 18.7. The number of fused-ring (bicyclic) bond motifs is 5. The molecule has 0 radical (unpaired) electrons. The highest BCUT2D eigenvalue weighted by Gasteiger charge is 2.37. The van der Waals surface area contributed by atoms with Gasteiger partial charge in [0.2, 0.25) is 0 Å². The van der Waals surface area contributed by atoms with E-state index in [2.05, 4.69) is 0 Å². The lowest BCUT2D eigenvalue weighted by Gasteiger charge is -2.28. The zero-order valence-electron chi connectivity index (χ0n) is 21.4. The van der Waals surface area contributed by atoms with E-state index < -0.39 is 12.1 Å². The fourth-order valence-corrected chi connectivity index (χ4v) is 5.64. The standard InChI is InChI=1S/C24H21FN2O5.2C2H6/c1-10-12-3-2-11(4-5-28)19-14-8-27-18(21(14)26-17(20(12)19)7-16(10)25)6-13-15(23(27)30)9-32-24(31)22(13)29;2*1-2/h6-7,11,22,28-29H,2-5,8-9H2,1H3;2*1-2H3. The molecule has 0 saturated carbocycles. The first kappa shape index (κ1) is 26.0. The molecule has 4 heterocycles. The van der Waals surface area contributed by atoms with Crippen LogP contribution in [-0.2, 0) is 29.1 Å². The lowest BCUT2D eigenvalue weighted by atomic mass is 9.77. The molecule has 0 fully saturated rings. The number of rotatable bonds is 2. The van der Waals surface area contributed by atoms with E-state index in [1.54, 1.807) is 17.6 Å². The number of aryl methyl sites for hydroxylation is 1. The van der Waals surface area contributed by atoms with Crippen molar-refractivity contribution in [1.82, 2.24) is 9.55 Å². The van der Waals surface area contributed by atoms with Gasteiger partial charge in [-0.2, -0.15) is 0 Å². The summed E-state index contributed by atoms with van der Waals surface area (Å²) < 4.78 is 21.3. The number of carbonyl (C=O) groups excluding carboxylic acids is 1. The van der Waals surface area contributed by atoms with Crippen LogP contribution in [0.5, 0.6) is 0 Å². The van der Waals surface area contributed by atoms with Gasteiger partial charge in [0.15, 0.2) is 6.10 Å². The van der Waals surface area contributed by atoms with Gasteiger partial charge in [0.1, 0.15) is 12.4 Å². The summed E-state index contributed by atoms with van der Waals surface area (Å²) in [6, 6.07) is 3.07. The summed E-state index contributed by atoms with van der Waals surface area (Å²) in [5.74, 6) is -1.02. The molecule has 2 atom stereocenters. The zero-order chi connectivity index (χ0) is 26.3. The van der Waals surface area contributed by atoms with Gasteiger partial charge in [-0.1, -0.05) is 27.7 Å². The minimum absolute atomic E-state index is 0.0333. The number of aliphatic hydroxyl groups is 2.